The van der Waals surface area contributed by atoms with Crippen LogP contribution >= 0.6 is 11.3 Å². The van der Waals surface area contributed by atoms with Crippen molar-refractivity contribution in [1.29, 1.82) is 0 Å². The SMILES string of the molecule is CCOc1cc(C(=O)N(C)C)ccc1NC(=O)c1ccsc1. The zero-order chi connectivity index (χ0) is 16.1. The van der Waals surface area contributed by atoms with Crippen LogP contribution in [0.5, 0.6) is 5.75 Å². The van der Waals surface area contributed by atoms with E-state index in [-0.39, 0.29) is 11.8 Å². The molecule has 0 aliphatic heterocycles. The van der Waals surface area contributed by atoms with Crippen molar-refractivity contribution in [2.24, 2.45) is 0 Å². The molecule has 1 aromatic carbocycles. The Balaban J connectivity index is 2.27. The van der Waals surface area contributed by atoms with Crippen LogP contribution in [0.1, 0.15) is 27.6 Å². The van der Waals surface area contributed by atoms with Crippen LogP contribution in [0.15, 0.2) is 35.0 Å². The van der Waals surface area contributed by atoms with Gasteiger partial charge in [0.1, 0.15) is 5.75 Å². The van der Waals surface area contributed by atoms with Crippen LogP contribution in [-0.4, -0.2) is 37.4 Å². The minimum absolute atomic E-state index is 0.114. The lowest BCUT2D eigenvalue weighted by molar-refractivity contribution is 0.0827. The summed E-state index contributed by atoms with van der Waals surface area (Å²) in [5, 5.41) is 6.43. The molecule has 0 saturated carbocycles. The number of anilines is 1. The zero-order valence-corrected chi connectivity index (χ0v) is 13.6. The summed E-state index contributed by atoms with van der Waals surface area (Å²) in [5.74, 6) is 0.171. The van der Waals surface area contributed by atoms with Gasteiger partial charge in [-0.3, -0.25) is 9.59 Å². The largest absolute Gasteiger partial charge is 0.492 e. The topological polar surface area (TPSA) is 58.6 Å². The number of ether oxygens (including phenoxy) is 1. The average molecular weight is 318 g/mol. The first-order chi connectivity index (χ1) is 10.5. The quantitative estimate of drug-likeness (QED) is 0.921. The lowest BCUT2D eigenvalue weighted by Gasteiger charge is -2.15. The van der Waals surface area contributed by atoms with E-state index in [2.05, 4.69) is 5.32 Å². The van der Waals surface area contributed by atoms with Crippen molar-refractivity contribution in [2.75, 3.05) is 26.0 Å². The summed E-state index contributed by atoms with van der Waals surface area (Å²) in [5.41, 5.74) is 1.66. The van der Waals surface area contributed by atoms with Gasteiger partial charge in [0, 0.05) is 25.0 Å². The van der Waals surface area contributed by atoms with E-state index in [0.29, 0.717) is 29.2 Å². The van der Waals surface area contributed by atoms with Crippen LogP contribution in [0.2, 0.25) is 0 Å². The summed E-state index contributed by atoms with van der Waals surface area (Å²) in [6.07, 6.45) is 0. The zero-order valence-electron chi connectivity index (χ0n) is 12.8. The molecule has 1 N–H and O–H groups in total. The summed E-state index contributed by atoms with van der Waals surface area (Å²) in [7, 11) is 3.38. The van der Waals surface area contributed by atoms with E-state index in [1.54, 1.807) is 43.7 Å². The Morgan fingerprint density at radius 2 is 2.00 bits per heavy atom. The molecule has 0 aliphatic rings. The maximum absolute atomic E-state index is 12.1. The predicted octanol–water partition coefficient (Wildman–Crippen LogP) is 3.10. The molecule has 0 fully saturated rings. The van der Waals surface area contributed by atoms with Crippen LogP contribution in [0.3, 0.4) is 0 Å². The monoisotopic (exact) mass is 318 g/mol. The van der Waals surface area contributed by atoms with Crippen LogP contribution < -0.4 is 10.1 Å². The highest BCUT2D eigenvalue weighted by atomic mass is 32.1. The van der Waals surface area contributed by atoms with E-state index < -0.39 is 0 Å². The first kappa shape index (κ1) is 16.0. The number of benzene rings is 1. The van der Waals surface area contributed by atoms with E-state index in [1.807, 2.05) is 12.3 Å². The molecule has 0 atom stereocenters. The van der Waals surface area contributed by atoms with E-state index in [0.717, 1.165) is 0 Å². The molecule has 0 spiro atoms. The Hall–Kier alpha value is -2.34. The Bertz CT molecular complexity index is 666. The summed E-state index contributed by atoms with van der Waals surface area (Å²) >= 11 is 1.46. The molecule has 0 aliphatic carbocycles. The van der Waals surface area contributed by atoms with Crippen LogP contribution in [0.25, 0.3) is 0 Å². The second kappa shape index (κ2) is 7.09. The number of carbonyl (C=O) groups excluding carboxylic acids is 2. The maximum Gasteiger partial charge on any atom is 0.256 e. The van der Waals surface area contributed by atoms with Crippen molar-refractivity contribution in [2.45, 2.75) is 6.92 Å². The van der Waals surface area contributed by atoms with Crippen molar-refractivity contribution >= 4 is 28.8 Å². The third-order valence-electron chi connectivity index (χ3n) is 2.97. The molecule has 2 amide bonds. The number of hydrogen-bond acceptors (Lipinski definition) is 4. The van der Waals surface area contributed by atoms with Gasteiger partial charge in [0.25, 0.3) is 11.8 Å². The Morgan fingerprint density at radius 1 is 1.23 bits per heavy atom. The molecule has 2 rings (SSSR count). The minimum atomic E-state index is -0.200. The molecule has 1 heterocycles. The number of nitrogens with zero attached hydrogens (tertiary/aromatic N) is 1. The molecule has 22 heavy (non-hydrogen) atoms. The molecule has 5 nitrogen and oxygen atoms in total. The van der Waals surface area contributed by atoms with Crippen molar-refractivity contribution in [3.8, 4) is 5.75 Å². The van der Waals surface area contributed by atoms with Crippen molar-refractivity contribution in [3.63, 3.8) is 0 Å². The van der Waals surface area contributed by atoms with Gasteiger partial charge < -0.3 is 15.0 Å². The summed E-state index contributed by atoms with van der Waals surface area (Å²) in [4.78, 5) is 25.6. The first-order valence-corrected chi connectivity index (χ1v) is 7.79. The van der Waals surface area contributed by atoms with Gasteiger partial charge in [-0.05, 0) is 36.6 Å². The molecule has 0 bridgehead atoms. The van der Waals surface area contributed by atoms with Gasteiger partial charge in [0.15, 0.2) is 0 Å². The maximum atomic E-state index is 12.1. The fraction of sp³-hybridized carbons (Fsp3) is 0.250. The van der Waals surface area contributed by atoms with Gasteiger partial charge in [-0.2, -0.15) is 11.3 Å². The highest BCUT2D eigenvalue weighted by molar-refractivity contribution is 7.08. The Kier molecular flexibility index (Phi) is 5.16. The number of thiophene rings is 1. The third-order valence-corrected chi connectivity index (χ3v) is 3.65. The number of carbonyl (C=O) groups is 2. The molecular formula is C16H18N2O3S. The Morgan fingerprint density at radius 3 is 2.59 bits per heavy atom. The van der Waals surface area contributed by atoms with E-state index in [4.69, 9.17) is 4.74 Å². The summed E-state index contributed by atoms with van der Waals surface area (Å²) < 4.78 is 5.54. The molecule has 1 aromatic heterocycles. The molecule has 2 aromatic rings. The smallest absolute Gasteiger partial charge is 0.256 e. The van der Waals surface area contributed by atoms with Gasteiger partial charge >= 0.3 is 0 Å². The van der Waals surface area contributed by atoms with Crippen LogP contribution in [-0.2, 0) is 0 Å². The van der Waals surface area contributed by atoms with Gasteiger partial charge in [-0.15, -0.1) is 0 Å². The van der Waals surface area contributed by atoms with Crippen molar-refractivity contribution < 1.29 is 14.3 Å². The number of amides is 2. The Labute approximate surface area is 133 Å². The van der Waals surface area contributed by atoms with E-state index in [1.165, 1.54) is 16.2 Å². The van der Waals surface area contributed by atoms with Crippen molar-refractivity contribution in [3.05, 3.63) is 46.2 Å². The van der Waals surface area contributed by atoms with Crippen LogP contribution in [0.4, 0.5) is 5.69 Å². The first-order valence-electron chi connectivity index (χ1n) is 6.85. The average Bonchev–Trinajstić information content (AvgIpc) is 3.02. The molecular weight excluding hydrogens is 300 g/mol. The number of nitrogens with one attached hydrogen (secondary N) is 1. The van der Waals surface area contributed by atoms with Gasteiger partial charge in [0.05, 0.1) is 17.9 Å². The second-order valence-electron chi connectivity index (χ2n) is 4.81. The normalized spacial score (nSPS) is 10.1. The standard InChI is InChI=1S/C16H18N2O3S/c1-4-21-14-9-11(16(20)18(2)3)5-6-13(14)17-15(19)12-7-8-22-10-12/h5-10H,4H2,1-3H3,(H,17,19). The third kappa shape index (κ3) is 3.65. The second-order valence-corrected chi connectivity index (χ2v) is 5.59. The van der Waals surface area contributed by atoms with Gasteiger partial charge in [-0.1, -0.05) is 0 Å². The summed E-state index contributed by atoms with van der Waals surface area (Å²) in [6, 6.07) is 6.76. The minimum Gasteiger partial charge on any atom is -0.492 e. The molecule has 116 valence electrons. The molecule has 0 unspecified atom stereocenters. The number of hydrogen-bond donors (Lipinski definition) is 1. The lowest BCUT2D eigenvalue weighted by Crippen LogP contribution is -2.22. The molecule has 0 saturated heterocycles. The molecule has 6 heteroatoms. The highest BCUT2D eigenvalue weighted by Crippen LogP contribution is 2.27. The van der Waals surface area contributed by atoms with Gasteiger partial charge in [-0.25, -0.2) is 0 Å². The van der Waals surface area contributed by atoms with Gasteiger partial charge in [0.2, 0.25) is 0 Å². The van der Waals surface area contributed by atoms with E-state index >= 15 is 0 Å². The fourth-order valence-corrected chi connectivity index (χ4v) is 2.52. The van der Waals surface area contributed by atoms with Crippen LogP contribution in [0, 0.1) is 0 Å². The number of rotatable bonds is 5. The lowest BCUT2D eigenvalue weighted by atomic mass is 10.1. The summed E-state index contributed by atoms with van der Waals surface area (Å²) in [6.45, 7) is 2.30. The van der Waals surface area contributed by atoms with Crippen molar-refractivity contribution in [1.82, 2.24) is 4.90 Å². The fourth-order valence-electron chi connectivity index (χ4n) is 1.88. The molecule has 0 radical (unpaired) electrons. The van der Waals surface area contributed by atoms with E-state index in [9.17, 15) is 9.59 Å². The predicted molar refractivity (Wildman–Crippen MR) is 87.9 cm³/mol. The highest BCUT2D eigenvalue weighted by Gasteiger charge is 2.14.